The highest BCUT2D eigenvalue weighted by atomic mass is 16.4. The molecular weight excluding hydrogens is 266 g/mol. The molecule has 0 radical (unpaired) electrons. The van der Waals surface area contributed by atoms with E-state index in [0.717, 1.165) is 4.68 Å². The molecule has 1 aromatic heterocycles. The summed E-state index contributed by atoms with van der Waals surface area (Å²) in [6.07, 6.45) is -0.134. The predicted octanol–water partition coefficient (Wildman–Crippen LogP) is -1.04. The quantitative estimate of drug-likeness (QED) is 0.634. The van der Waals surface area contributed by atoms with Crippen LogP contribution in [-0.4, -0.2) is 44.5 Å². The van der Waals surface area contributed by atoms with Gasteiger partial charge in [-0.1, -0.05) is 0 Å². The summed E-state index contributed by atoms with van der Waals surface area (Å²) >= 11 is 0. The molecule has 8 nitrogen and oxygen atoms in total. The van der Waals surface area contributed by atoms with Gasteiger partial charge in [-0.05, 0) is 19.4 Å². The van der Waals surface area contributed by atoms with Crippen LogP contribution >= 0.6 is 0 Å². The average Bonchev–Trinajstić information content (AvgIpc) is 2.36. The summed E-state index contributed by atoms with van der Waals surface area (Å²) in [4.78, 5) is 35.0. The Morgan fingerprint density at radius 2 is 2.00 bits per heavy atom. The van der Waals surface area contributed by atoms with Gasteiger partial charge in [0.2, 0.25) is 0 Å². The van der Waals surface area contributed by atoms with E-state index in [4.69, 9.17) is 10.2 Å². The van der Waals surface area contributed by atoms with Gasteiger partial charge in [0.15, 0.2) is 0 Å². The minimum absolute atomic E-state index is 0.134. The minimum Gasteiger partial charge on any atom is -0.480 e. The molecule has 1 heterocycles. The van der Waals surface area contributed by atoms with Gasteiger partial charge < -0.3 is 15.5 Å². The first-order valence-corrected chi connectivity index (χ1v) is 5.98. The number of nitrogens with one attached hydrogen (secondary N) is 1. The lowest BCUT2D eigenvalue weighted by Crippen LogP contribution is -2.44. The van der Waals surface area contributed by atoms with Crippen molar-refractivity contribution < 1.29 is 19.8 Å². The summed E-state index contributed by atoms with van der Waals surface area (Å²) in [6.45, 7) is 2.83. The van der Waals surface area contributed by atoms with Crippen LogP contribution in [0, 0.1) is 13.8 Å². The maximum absolute atomic E-state index is 12.1. The first kappa shape index (κ1) is 15.8. The third-order valence-corrected chi connectivity index (χ3v) is 2.97. The standard InChI is InChI=1S/C12H17N3O5/c1-6-7(2)14-15(3)11(18)9(6)10(17)13-8(4-5-16)12(19)20/h8,16H,4-5H2,1-3H3,(H,13,17)(H,19,20). The van der Waals surface area contributed by atoms with Crippen molar-refractivity contribution in [3.8, 4) is 0 Å². The van der Waals surface area contributed by atoms with Crippen LogP contribution in [0.25, 0.3) is 0 Å². The molecule has 0 bridgehead atoms. The Balaban J connectivity index is 3.16. The number of amides is 1. The largest absolute Gasteiger partial charge is 0.480 e. The van der Waals surface area contributed by atoms with Crippen LogP contribution in [-0.2, 0) is 11.8 Å². The van der Waals surface area contributed by atoms with E-state index in [1.165, 1.54) is 7.05 Å². The molecule has 110 valence electrons. The summed E-state index contributed by atoms with van der Waals surface area (Å²) in [5.74, 6) is -2.05. The number of carboxylic acids is 1. The second-order valence-electron chi connectivity index (χ2n) is 4.39. The highest BCUT2D eigenvalue weighted by Gasteiger charge is 2.24. The number of nitrogens with zero attached hydrogens (tertiary/aromatic N) is 2. The Labute approximate surface area is 115 Å². The van der Waals surface area contributed by atoms with E-state index < -0.39 is 23.5 Å². The average molecular weight is 283 g/mol. The van der Waals surface area contributed by atoms with E-state index in [9.17, 15) is 14.4 Å². The van der Waals surface area contributed by atoms with Crippen LogP contribution < -0.4 is 10.9 Å². The van der Waals surface area contributed by atoms with Crippen molar-refractivity contribution >= 4 is 11.9 Å². The fourth-order valence-electron chi connectivity index (χ4n) is 1.73. The molecule has 1 atom stereocenters. The van der Waals surface area contributed by atoms with Gasteiger partial charge in [-0.3, -0.25) is 9.59 Å². The normalized spacial score (nSPS) is 12.0. The fourth-order valence-corrected chi connectivity index (χ4v) is 1.73. The molecular formula is C12H17N3O5. The summed E-state index contributed by atoms with van der Waals surface area (Å²) < 4.78 is 1.03. The highest BCUT2D eigenvalue weighted by molar-refractivity contribution is 5.97. The van der Waals surface area contributed by atoms with E-state index in [2.05, 4.69) is 10.4 Å². The molecule has 1 rings (SSSR count). The van der Waals surface area contributed by atoms with E-state index in [1.54, 1.807) is 13.8 Å². The summed E-state index contributed by atoms with van der Waals surface area (Å²) in [6, 6.07) is -1.25. The first-order chi connectivity index (χ1) is 9.29. The SMILES string of the molecule is Cc1nn(C)c(=O)c(C(=O)NC(CCO)C(=O)O)c1C. The van der Waals surface area contributed by atoms with Gasteiger partial charge in [-0.15, -0.1) is 0 Å². The summed E-state index contributed by atoms with van der Waals surface area (Å²) in [7, 11) is 1.41. The molecule has 0 spiro atoms. The van der Waals surface area contributed by atoms with Crippen LogP contribution in [0.1, 0.15) is 28.0 Å². The Bertz CT molecular complexity index is 593. The zero-order chi connectivity index (χ0) is 15.4. The molecule has 1 amide bonds. The molecule has 1 unspecified atom stereocenters. The number of carboxylic acid groups (broad SMARTS) is 1. The van der Waals surface area contributed by atoms with Crippen molar-refractivity contribution in [2.75, 3.05) is 6.61 Å². The first-order valence-electron chi connectivity index (χ1n) is 5.98. The Morgan fingerprint density at radius 3 is 2.50 bits per heavy atom. The number of aliphatic hydroxyl groups excluding tert-OH is 1. The molecule has 20 heavy (non-hydrogen) atoms. The number of aliphatic hydroxyl groups is 1. The number of rotatable bonds is 5. The monoisotopic (exact) mass is 283 g/mol. The lowest BCUT2D eigenvalue weighted by molar-refractivity contribution is -0.139. The van der Waals surface area contributed by atoms with Crippen LogP contribution in [0.3, 0.4) is 0 Å². The lowest BCUT2D eigenvalue weighted by atomic mass is 10.1. The molecule has 0 aromatic carbocycles. The van der Waals surface area contributed by atoms with Crippen molar-refractivity contribution in [3.05, 3.63) is 27.2 Å². The number of aryl methyl sites for hydroxylation is 2. The van der Waals surface area contributed by atoms with Crippen LogP contribution in [0.4, 0.5) is 0 Å². The minimum atomic E-state index is -1.27. The van der Waals surface area contributed by atoms with Gasteiger partial charge in [-0.2, -0.15) is 5.10 Å². The molecule has 0 fully saturated rings. The number of aromatic nitrogens is 2. The topological polar surface area (TPSA) is 122 Å². The van der Waals surface area contributed by atoms with Crippen molar-refractivity contribution in [3.63, 3.8) is 0 Å². The second kappa shape index (κ2) is 6.29. The van der Waals surface area contributed by atoms with Crippen molar-refractivity contribution in [2.24, 2.45) is 7.05 Å². The third kappa shape index (κ3) is 3.21. The van der Waals surface area contributed by atoms with Gasteiger partial charge >= 0.3 is 5.97 Å². The van der Waals surface area contributed by atoms with Crippen LogP contribution in [0.2, 0.25) is 0 Å². The molecule has 0 aliphatic carbocycles. The Kier molecular flexibility index (Phi) is 4.98. The molecule has 0 aliphatic heterocycles. The van der Waals surface area contributed by atoms with E-state index in [0.29, 0.717) is 11.3 Å². The lowest BCUT2D eigenvalue weighted by Gasteiger charge is -2.15. The van der Waals surface area contributed by atoms with Gasteiger partial charge in [0.05, 0.1) is 5.69 Å². The maximum Gasteiger partial charge on any atom is 0.326 e. The highest BCUT2D eigenvalue weighted by Crippen LogP contribution is 2.06. The summed E-state index contributed by atoms with van der Waals surface area (Å²) in [5.41, 5.74) is 0.174. The molecule has 0 saturated carbocycles. The molecule has 1 aromatic rings. The van der Waals surface area contributed by atoms with Crippen molar-refractivity contribution in [1.82, 2.24) is 15.1 Å². The predicted molar refractivity (Wildman–Crippen MR) is 69.5 cm³/mol. The number of hydrogen-bond acceptors (Lipinski definition) is 5. The van der Waals surface area contributed by atoms with Crippen molar-refractivity contribution in [1.29, 1.82) is 0 Å². The second-order valence-corrected chi connectivity index (χ2v) is 4.39. The summed E-state index contributed by atoms with van der Waals surface area (Å²) in [5, 5.41) is 23.9. The fraction of sp³-hybridized carbons (Fsp3) is 0.500. The van der Waals surface area contributed by atoms with Gasteiger partial charge in [0.1, 0.15) is 11.6 Å². The maximum atomic E-state index is 12.1. The Hall–Kier alpha value is -2.22. The van der Waals surface area contributed by atoms with E-state index in [-0.39, 0.29) is 18.6 Å². The molecule has 3 N–H and O–H groups in total. The van der Waals surface area contributed by atoms with Crippen molar-refractivity contribution in [2.45, 2.75) is 26.3 Å². The zero-order valence-corrected chi connectivity index (χ0v) is 11.5. The van der Waals surface area contributed by atoms with E-state index >= 15 is 0 Å². The number of aliphatic carboxylic acids is 1. The molecule has 0 saturated heterocycles. The van der Waals surface area contributed by atoms with Crippen LogP contribution in [0.15, 0.2) is 4.79 Å². The smallest absolute Gasteiger partial charge is 0.326 e. The molecule has 8 heteroatoms. The van der Waals surface area contributed by atoms with Gasteiger partial charge in [0.25, 0.3) is 11.5 Å². The van der Waals surface area contributed by atoms with E-state index in [1.807, 2.05) is 0 Å². The Morgan fingerprint density at radius 1 is 1.40 bits per heavy atom. The number of hydrogen-bond donors (Lipinski definition) is 3. The number of carbonyl (C=O) groups excluding carboxylic acids is 1. The van der Waals surface area contributed by atoms with Gasteiger partial charge in [0, 0.05) is 20.1 Å². The van der Waals surface area contributed by atoms with Gasteiger partial charge in [-0.25, -0.2) is 9.48 Å². The molecule has 0 aliphatic rings. The van der Waals surface area contributed by atoms with Crippen LogP contribution in [0.5, 0.6) is 0 Å². The third-order valence-electron chi connectivity index (χ3n) is 2.97. The zero-order valence-electron chi connectivity index (χ0n) is 11.5. The number of carbonyl (C=O) groups is 2.